The number of hydrogen-bond acceptors (Lipinski definition) is 8. The molecule has 28 heavy (non-hydrogen) atoms. The fourth-order valence-electron chi connectivity index (χ4n) is 1.93. The molecule has 0 aliphatic heterocycles. The van der Waals surface area contributed by atoms with Crippen LogP contribution in [0.25, 0.3) is 0 Å². The predicted octanol–water partition coefficient (Wildman–Crippen LogP) is 1.59. The normalized spacial score (nSPS) is 12.6. The Bertz CT molecular complexity index is 932. The van der Waals surface area contributed by atoms with Gasteiger partial charge in [0.05, 0.1) is 33.4 Å². The van der Waals surface area contributed by atoms with E-state index in [1.807, 2.05) is 0 Å². The van der Waals surface area contributed by atoms with Crippen molar-refractivity contribution in [1.82, 2.24) is 0 Å². The topological polar surface area (TPSA) is 188 Å². The standard InChI is InChI=1S/C16H14N8O4/c17-15(21-19-9-11-5-1-3-7-13(11)23(25)26)16(18)22-20-10-12-6-2-4-8-14(12)24(27)28/h1-10H,(H2,17,21)(H2,18,22)/b19-9-,20-10?. The summed E-state index contributed by atoms with van der Waals surface area (Å²) in [6.07, 6.45) is 2.30. The van der Waals surface area contributed by atoms with Crippen molar-refractivity contribution in [3.8, 4) is 0 Å². The number of amidine groups is 2. The Morgan fingerprint density at radius 3 is 1.46 bits per heavy atom. The molecule has 0 heterocycles. The van der Waals surface area contributed by atoms with Crippen LogP contribution in [0, 0.1) is 20.2 Å². The number of nitro groups is 2. The molecule has 0 aliphatic carbocycles. The van der Waals surface area contributed by atoms with Gasteiger partial charge < -0.3 is 11.5 Å². The molecule has 12 heteroatoms. The maximum absolute atomic E-state index is 10.9. The van der Waals surface area contributed by atoms with Crippen LogP contribution in [0.4, 0.5) is 11.4 Å². The minimum Gasteiger partial charge on any atom is -0.379 e. The van der Waals surface area contributed by atoms with Gasteiger partial charge in [0.15, 0.2) is 11.7 Å². The minimum absolute atomic E-state index is 0.143. The van der Waals surface area contributed by atoms with E-state index in [0.29, 0.717) is 0 Å². The van der Waals surface area contributed by atoms with Gasteiger partial charge in [-0.25, -0.2) is 0 Å². The third kappa shape index (κ3) is 5.26. The Hall–Kier alpha value is -4.48. The molecular weight excluding hydrogens is 368 g/mol. The first kappa shape index (κ1) is 19.8. The van der Waals surface area contributed by atoms with Crippen LogP contribution >= 0.6 is 0 Å². The second-order valence-electron chi connectivity index (χ2n) is 5.09. The largest absolute Gasteiger partial charge is 0.379 e. The molecule has 0 unspecified atom stereocenters. The van der Waals surface area contributed by atoms with Crippen LogP contribution in [0.3, 0.4) is 0 Å². The number of hydrogen-bond donors (Lipinski definition) is 2. The summed E-state index contributed by atoms with van der Waals surface area (Å²) in [5, 5.41) is 36.3. The van der Waals surface area contributed by atoms with E-state index in [1.165, 1.54) is 36.4 Å². The minimum atomic E-state index is -0.554. The highest BCUT2D eigenvalue weighted by Gasteiger charge is 2.10. The number of nitrogens with zero attached hydrogens (tertiary/aromatic N) is 6. The average molecular weight is 382 g/mol. The Kier molecular flexibility index (Phi) is 6.58. The third-order valence-electron chi connectivity index (χ3n) is 3.25. The molecule has 0 amide bonds. The van der Waals surface area contributed by atoms with E-state index >= 15 is 0 Å². The molecule has 0 bridgehead atoms. The van der Waals surface area contributed by atoms with E-state index in [2.05, 4.69) is 20.4 Å². The van der Waals surface area contributed by atoms with Crippen molar-refractivity contribution in [2.24, 2.45) is 31.9 Å². The lowest BCUT2D eigenvalue weighted by Crippen LogP contribution is -2.30. The lowest BCUT2D eigenvalue weighted by atomic mass is 10.2. The maximum atomic E-state index is 10.9. The van der Waals surface area contributed by atoms with Crippen LogP contribution in [0.1, 0.15) is 11.1 Å². The van der Waals surface area contributed by atoms with E-state index in [1.54, 1.807) is 12.1 Å². The Balaban J connectivity index is 2.13. The summed E-state index contributed by atoms with van der Waals surface area (Å²) in [5.41, 5.74) is 11.4. The first-order chi connectivity index (χ1) is 13.4. The molecule has 0 spiro atoms. The van der Waals surface area contributed by atoms with Gasteiger partial charge in [0.2, 0.25) is 0 Å². The molecule has 0 saturated carbocycles. The Morgan fingerprint density at radius 1 is 0.750 bits per heavy atom. The molecular formula is C16H14N8O4. The van der Waals surface area contributed by atoms with Crippen LogP contribution in [0.5, 0.6) is 0 Å². The van der Waals surface area contributed by atoms with Crippen LogP contribution in [-0.2, 0) is 0 Å². The van der Waals surface area contributed by atoms with Crippen LogP contribution in [0.15, 0.2) is 68.9 Å². The molecule has 4 N–H and O–H groups in total. The van der Waals surface area contributed by atoms with Crippen molar-refractivity contribution in [2.75, 3.05) is 0 Å². The molecule has 142 valence electrons. The highest BCUT2D eigenvalue weighted by Crippen LogP contribution is 2.16. The number of nitrogens with two attached hydrogens (primary N) is 2. The molecule has 0 aromatic heterocycles. The van der Waals surface area contributed by atoms with Crippen molar-refractivity contribution < 1.29 is 9.85 Å². The summed E-state index contributed by atoms with van der Waals surface area (Å²) in [6, 6.07) is 11.9. The van der Waals surface area contributed by atoms with Crippen molar-refractivity contribution in [1.29, 1.82) is 0 Å². The van der Waals surface area contributed by atoms with Gasteiger partial charge in [-0.05, 0) is 12.1 Å². The van der Waals surface area contributed by atoms with E-state index in [0.717, 1.165) is 12.4 Å². The average Bonchev–Trinajstić information content (AvgIpc) is 2.68. The lowest BCUT2D eigenvalue weighted by molar-refractivity contribution is -0.385. The first-order valence-electron chi connectivity index (χ1n) is 7.60. The highest BCUT2D eigenvalue weighted by molar-refractivity contribution is 6.39. The number of benzene rings is 2. The van der Waals surface area contributed by atoms with Crippen molar-refractivity contribution in [3.05, 3.63) is 79.9 Å². The Labute approximate surface area is 157 Å². The summed E-state index contributed by atoms with van der Waals surface area (Å²) in [7, 11) is 0. The van der Waals surface area contributed by atoms with Crippen LogP contribution < -0.4 is 11.5 Å². The Morgan fingerprint density at radius 2 is 1.11 bits per heavy atom. The zero-order valence-corrected chi connectivity index (χ0v) is 14.2. The summed E-state index contributed by atoms with van der Waals surface area (Å²) >= 11 is 0. The zero-order valence-electron chi connectivity index (χ0n) is 14.2. The zero-order chi connectivity index (χ0) is 20.5. The molecule has 0 atom stereocenters. The SMILES string of the molecule is NC(=N\N=C/c1ccccc1[N+](=O)[O-])/C(N)=N\N=Cc1ccccc1[N+](=O)[O-]. The summed E-state index contributed by atoms with van der Waals surface area (Å²) < 4.78 is 0. The maximum Gasteiger partial charge on any atom is 0.278 e. The molecule has 2 aromatic rings. The van der Waals surface area contributed by atoms with E-state index in [4.69, 9.17) is 11.5 Å². The molecule has 2 rings (SSSR count). The van der Waals surface area contributed by atoms with E-state index in [-0.39, 0.29) is 34.2 Å². The third-order valence-corrected chi connectivity index (χ3v) is 3.25. The van der Waals surface area contributed by atoms with Crippen molar-refractivity contribution in [3.63, 3.8) is 0 Å². The summed E-state index contributed by atoms with van der Waals surface area (Å²) in [5.74, 6) is -0.566. The second-order valence-corrected chi connectivity index (χ2v) is 5.09. The van der Waals surface area contributed by atoms with Gasteiger partial charge in [0.25, 0.3) is 11.4 Å². The molecule has 12 nitrogen and oxygen atoms in total. The number of para-hydroxylation sites is 2. The van der Waals surface area contributed by atoms with Gasteiger partial charge in [0, 0.05) is 12.1 Å². The first-order valence-corrected chi connectivity index (χ1v) is 7.60. The number of nitro benzene ring substituents is 2. The molecule has 0 radical (unpaired) electrons. The van der Waals surface area contributed by atoms with Crippen LogP contribution in [0.2, 0.25) is 0 Å². The fourth-order valence-corrected chi connectivity index (χ4v) is 1.93. The number of rotatable bonds is 6. The molecule has 0 aliphatic rings. The van der Waals surface area contributed by atoms with Crippen molar-refractivity contribution in [2.45, 2.75) is 0 Å². The van der Waals surface area contributed by atoms with Gasteiger partial charge in [-0.1, -0.05) is 24.3 Å². The van der Waals surface area contributed by atoms with Crippen LogP contribution in [-0.4, -0.2) is 33.9 Å². The van der Waals surface area contributed by atoms with E-state index in [9.17, 15) is 20.2 Å². The fraction of sp³-hybridized carbons (Fsp3) is 0. The summed E-state index contributed by atoms with van der Waals surface area (Å²) in [6.45, 7) is 0. The highest BCUT2D eigenvalue weighted by atomic mass is 16.6. The molecule has 0 fully saturated rings. The predicted molar refractivity (Wildman–Crippen MR) is 105 cm³/mol. The lowest BCUT2D eigenvalue weighted by Gasteiger charge is -1.96. The van der Waals surface area contributed by atoms with Gasteiger partial charge in [-0.3, -0.25) is 20.2 Å². The van der Waals surface area contributed by atoms with Crippen molar-refractivity contribution >= 4 is 35.5 Å². The summed E-state index contributed by atoms with van der Waals surface area (Å²) in [4.78, 5) is 20.7. The smallest absolute Gasteiger partial charge is 0.278 e. The molecule has 0 saturated heterocycles. The van der Waals surface area contributed by atoms with Gasteiger partial charge >= 0.3 is 0 Å². The monoisotopic (exact) mass is 382 g/mol. The van der Waals surface area contributed by atoms with Gasteiger partial charge in [-0.2, -0.15) is 10.2 Å². The van der Waals surface area contributed by atoms with Gasteiger partial charge in [0.1, 0.15) is 0 Å². The molecule has 2 aromatic carbocycles. The van der Waals surface area contributed by atoms with Gasteiger partial charge in [-0.15, -0.1) is 10.2 Å². The quantitative estimate of drug-likeness (QED) is 0.330. The van der Waals surface area contributed by atoms with E-state index < -0.39 is 9.85 Å². The second kappa shape index (κ2) is 9.28.